The SMILES string of the molecule is COc1cc(C)c2c(c1)cc(C1CCCN1)n2C. The van der Waals surface area contributed by atoms with Gasteiger partial charge in [-0.1, -0.05) is 0 Å². The van der Waals surface area contributed by atoms with E-state index in [-0.39, 0.29) is 0 Å². The first kappa shape index (κ1) is 11.6. The molecule has 18 heavy (non-hydrogen) atoms. The van der Waals surface area contributed by atoms with Crippen molar-refractivity contribution in [2.24, 2.45) is 7.05 Å². The number of nitrogens with zero attached hydrogens (tertiary/aromatic N) is 1. The number of methoxy groups -OCH3 is 1. The largest absolute Gasteiger partial charge is 0.497 e. The van der Waals surface area contributed by atoms with E-state index in [1.165, 1.54) is 35.0 Å². The highest BCUT2D eigenvalue weighted by molar-refractivity contribution is 5.86. The molecule has 1 atom stereocenters. The summed E-state index contributed by atoms with van der Waals surface area (Å²) < 4.78 is 7.68. The van der Waals surface area contributed by atoms with Gasteiger partial charge in [-0.05, 0) is 50.1 Å². The fourth-order valence-electron chi connectivity index (χ4n) is 3.12. The number of fused-ring (bicyclic) bond motifs is 1. The fraction of sp³-hybridized carbons (Fsp3) is 0.467. The number of aryl methyl sites for hydroxylation is 2. The van der Waals surface area contributed by atoms with Crippen LogP contribution in [0.25, 0.3) is 10.9 Å². The van der Waals surface area contributed by atoms with Gasteiger partial charge in [0.05, 0.1) is 12.6 Å². The van der Waals surface area contributed by atoms with Crippen molar-refractivity contribution in [1.82, 2.24) is 9.88 Å². The molecule has 1 N–H and O–H groups in total. The van der Waals surface area contributed by atoms with E-state index in [0.29, 0.717) is 6.04 Å². The lowest BCUT2D eigenvalue weighted by Crippen LogP contribution is -2.15. The lowest BCUT2D eigenvalue weighted by molar-refractivity contribution is 0.415. The summed E-state index contributed by atoms with van der Waals surface area (Å²) in [7, 11) is 3.89. The Kier molecular flexibility index (Phi) is 2.78. The van der Waals surface area contributed by atoms with E-state index in [9.17, 15) is 0 Å². The maximum Gasteiger partial charge on any atom is 0.119 e. The zero-order valence-corrected chi connectivity index (χ0v) is 11.3. The quantitative estimate of drug-likeness (QED) is 0.879. The van der Waals surface area contributed by atoms with Gasteiger partial charge in [0.25, 0.3) is 0 Å². The molecule has 0 amide bonds. The molecule has 1 aromatic heterocycles. The second kappa shape index (κ2) is 4.32. The maximum atomic E-state index is 5.35. The molecular weight excluding hydrogens is 224 g/mol. The van der Waals surface area contributed by atoms with Crippen molar-refractivity contribution >= 4 is 10.9 Å². The van der Waals surface area contributed by atoms with Gasteiger partial charge in [0.2, 0.25) is 0 Å². The lowest BCUT2D eigenvalue weighted by atomic mass is 10.1. The van der Waals surface area contributed by atoms with Crippen LogP contribution in [-0.2, 0) is 7.05 Å². The minimum atomic E-state index is 0.507. The standard InChI is InChI=1S/C15H20N2O/c1-10-7-12(18-3)8-11-9-14(17(2)15(10)11)13-5-4-6-16-13/h7-9,13,16H,4-6H2,1-3H3. The number of benzene rings is 1. The number of rotatable bonds is 2. The summed E-state index contributed by atoms with van der Waals surface area (Å²) in [5.74, 6) is 0.941. The number of nitrogens with one attached hydrogen (secondary N) is 1. The third-order valence-electron chi connectivity index (χ3n) is 3.98. The van der Waals surface area contributed by atoms with Crippen molar-refractivity contribution in [2.75, 3.05) is 13.7 Å². The Hall–Kier alpha value is -1.48. The zero-order valence-electron chi connectivity index (χ0n) is 11.3. The molecule has 0 spiro atoms. The van der Waals surface area contributed by atoms with Gasteiger partial charge in [0.1, 0.15) is 5.75 Å². The summed E-state index contributed by atoms with van der Waals surface area (Å²) in [6.07, 6.45) is 2.51. The topological polar surface area (TPSA) is 26.2 Å². The Morgan fingerprint density at radius 1 is 1.33 bits per heavy atom. The predicted molar refractivity (Wildman–Crippen MR) is 74.2 cm³/mol. The van der Waals surface area contributed by atoms with E-state index in [1.807, 2.05) is 0 Å². The second-order valence-electron chi connectivity index (χ2n) is 5.16. The van der Waals surface area contributed by atoms with Crippen LogP contribution in [0.2, 0.25) is 0 Å². The molecule has 0 bridgehead atoms. The molecule has 1 fully saturated rings. The van der Waals surface area contributed by atoms with Gasteiger partial charge in [-0.2, -0.15) is 0 Å². The van der Waals surface area contributed by atoms with Gasteiger partial charge < -0.3 is 14.6 Å². The Morgan fingerprint density at radius 3 is 2.83 bits per heavy atom. The summed E-state index contributed by atoms with van der Waals surface area (Å²) in [4.78, 5) is 0. The minimum absolute atomic E-state index is 0.507. The first-order valence-corrected chi connectivity index (χ1v) is 6.58. The number of hydrogen-bond donors (Lipinski definition) is 1. The first-order chi connectivity index (χ1) is 8.70. The number of hydrogen-bond acceptors (Lipinski definition) is 2. The molecule has 1 aliphatic heterocycles. The Labute approximate surface area is 108 Å². The second-order valence-corrected chi connectivity index (χ2v) is 5.16. The third-order valence-corrected chi connectivity index (χ3v) is 3.98. The molecule has 1 saturated heterocycles. The molecule has 3 rings (SSSR count). The predicted octanol–water partition coefficient (Wildman–Crippen LogP) is 2.92. The van der Waals surface area contributed by atoms with Crippen LogP contribution >= 0.6 is 0 Å². The monoisotopic (exact) mass is 244 g/mol. The Morgan fingerprint density at radius 2 is 2.17 bits per heavy atom. The van der Waals surface area contributed by atoms with Crippen molar-refractivity contribution in [2.45, 2.75) is 25.8 Å². The van der Waals surface area contributed by atoms with Crippen LogP contribution in [0, 0.1) is 6.92 Å². The lowest BCUT2D eigenvalue weighted by Gasteiger charge is -2.12. The van der Waals surface area contributed by atoms with Crippen LogP contribution in [0.3, 0.4) is 0 Å². The molecule has 96 valence electrons. The van der Waals surface area contributed by atoms with Gasteiger partial charge >= 0.3 is 0 Å². The average Bonchev–Trinajstić information content (AvgIpc) is 2.96. The van der Waals surface area contributed by atoms with Crippen LogP contribution in [0.1, 0.15) is 30.1 Å². The van der Waals surface area contributed by atoms with Crippen LogP contribution < -0.4 is 10.1 Å². The minimum Gasteiger partial charge on any atom is -0.497 e. The Balaban J connectivity index is 2.17. The van der Waals surface area contributed by atoms with E-state index >= 15 is 0 Å². The van der Waals surface area contributed by atoms with E-state index in [1.54, 1.807) is 7.11 Å². The van der Waals surface area contributed by atoms with Crippen LogP contribution in [0.15, 0.2) is 18.2 Å². The fourth-order valence-corrected chi connectivity index (χ4v) is 3.12. The first-order valence-electron chi connectivity index (χ1n) is 6.58. The highest BCUT2D eigenvalue weighted by Gasteiger charge is 2.20. The molecular formula is C15H20N2O. The summed E-state index contributed by atoms with van der Waals surface area (Å²) >= 11 is 0. The maximum absolute atomic E-state index is 5.35. The molecule has 3 nitrogen and oxygen atoms in total. The molecule has 1 aromatic carbocycles. The Bertz CT molecular complexity index is 580. The van der Waals surface area contributed by atoms with Gasteiger partial charge in [0.15, 0.2) is 0 Å². The summed E-state index contributed by atoms with van der Waals surface area (Å²) in [6.45, 7) is 3.28. The van der Waals surface area contributed by atoms with Crippen LogP contribution in [0.4, 0.5) is 0 Å². The molecule has 0 radical (unpaired) electrons. The van der Waals surface area contributed by atoms with Gasteiger partial charge in [-0.25, -0.2) is 0 Å². The van der Waals surface area contributed by atoms with E-state index in [0.717, 1.165) is 12.3 Å². The van der Waals surface area contributed by atoms with E-state index < -0.39 is 0 Å². The smallest absolute Gasteiger partial charge is 0.119 e. The molecule has 0 saturated carbocycles. The van der Waals surface area contributed by atoms with Crippen LogP contribution in [0.5, 0.6) is 5.75 Å². The zero-order chi connectivity index (χ0) is 12.7. The number of aromatic nitrogens is 1. The normalized spacial score (nSPS) is 19.6. The van der Waals surface area contributed by atoms with Crippen LogP contribution in [-0.4, -0.2) is 18.2 Å². The van der Waals surface area contributed by atoms with Crippen molar-refractivity contribution in [3.63, 3.8) is 0 Å². The molecule has 2 heterocycles. The molecule has 3 heteroatoms. The molecule has 1 aliphatic rings. The molecule has 2 aromatic rings. The summed E-state index contributed by atoms with van der Waals surface area (Å²) in [5.41, 5.74) is 3.98. The molecule has 1 unspecified atom stereocenters. The van der Waals surface area contributed by atoms with E-state index in [2.05, 4.69) is 42.1 Å². The van der Waals surface area contributed by atoms with Crippen molar-refractivity contribution in [3.05, 3.63) is 29.5 Å². The van der Waals surface area contributed by atoms with Crippen molar-refractivity contribution in [3.8, 4) is 5.75 Å². The summed E-state index contributed by atoms with van der Waals surface area (Å²) in [6, 6.07) is 7.04. The van der Waals surface area contributed by atoms with Gasteiger partial charge in [-0.15, -0.1) is 0 Å². The number of ether oxygens (including phenoxy) is 1. The van der Waals surface area contributed by atoms with Gasteiger partial charge in [-0.3, -0.25) is 0 Å². The average molecular weight is 244 g/mol. The van der Waals surface area contributed by atoms with E-state index in [4.69, 9.17) is 4.74 Å². The molecule has 0 aliphatic carbocycles. The summed E-state index contributed by atoms with van der Waals surface area (Å²) in [5, 5.41) is 4.85. The van der Waals surface area contributed by atoms with Crippen molar-refractivity contribution in [1.29, 1.82) is 0 Å². The highest BCUT2D eigenvalue weighted by atomic mass is 16.5. The third kappa shape index (κ3) is 1.70. The van der Waals surface area contributed by atoms with Gasteiger partial charge in [0, 0.05) is 24.2 Å². The highest BCUT2D eigenvalue weighted by Crippen LogP contribution is 2.32. The van der Waals surface area contributed by atoms with Crippen molar-refractivity contribution < 1.29 is 4.74 Å².